The number of halogens is 1. The summed E-state index contributed by atoms with van der Waals surface area (Å²) in [4.78, 5) is 16.7. The average molecular weight is 316 g/mol. The first kappa shape index (κ1) is 16.5. The SMILES string of the molecule is CCCOc1ccc(C(=O)O/N=C(\N)c2ccc(F)cc2)cc1. The van der Waals surface area contributed by atoms with Gasteiger partial charge < -0.3 is 15.3 Å². The molecule has 5 nitrogen and oxygen atoms in total. The molecule has 0 aliphatic rings. The first-order valence-electron chi connectivity index (χ1n) is 7.13. The van der Waals surface area contributed by atoms with E-state index in [-0.39, 0.29) is 11.7 Å². The molecule has 0 amide bonds. The van der Waals surface area contributed by atoms with Gasteiger partial charge in [0.05, 0.1) is 12.2 Å². The van der Waals surface area contributed by atoms with Crippen LogP contribution in [0, 0.1) is 5.82 Å². The van der Waals surface area contributed by atoms with E-state index < -0.39 is 5.97 Å². The van der Waals surface area contributed by atoms with Crippen LogP contribution in [-0.2, 0) is 4.84 Å². The number of carbonyl (C=O) groups is 1. The zero-order valence-corrected chi connectivity index (χ0v) is 12.7. The topological polar surface area (TPSA) is 73.9 Å². The molecular weight excluding hydrogens is 299 g/mol. The van der Waals surface area contributed by atoms with E-state index in [1.54, 1.807) is 24.3 Å². The molecule has 0 unspecified atom stereocenters. The van der Waals surface area contributed by atoms with Crippen LogP contribution in [0.15, 0.2) is 53.7 Å². The fourth-order valence-corrected chi connectivity index (χ4v) is 1.72. The Bertz CT molecular complexity index is 682. The Morgan fingerprint density at radius 2 is 1.70 bits per heavy atom. The Hall–Kier alpha value is -2.89. The number of ether oxygens (including phenoxy) is 1. The molecule has 0 atom stereocenters. The van der Waals surface area contributed by atoms with Crippen molar-refractivity contribution in [2.45, 2.75) is 13.3 Å². The Labute approximate surface area is 133 Å². The molecule has 0 saturated carbocycles. The first-order chi connectivity index (χ1) is 11.1. The molecular formula is C17H17FN2O3. The van der Waals surface area contributed by atoms with Crippen LogP contribution in [0.3, 0.4) is 0 Å². The molecule has 0 aliphatic carbocycles. The molecule has 0 radical (unpaired) electrons. The zero-order valence-electron chi connectivity index (χ0n) is 12.7. The van der Waals surface area contributed by atoms with Crippen LogP contribution in [0.1, 0.15) is 29.3 Å². The van der Waals surface area contributed by atoms with Gasteiger partial charge in [0.25, 0.3) is 0 Å². The number of rotatable bonds is 6. The quantitative estimate of drug-likeness (QED) is 0.385. The fourth-order valence-electron chi connectivity index (χ4n) is 1.72. The van der Waals surface area contributed by atoms with Gasteiger partial charge in [-0.2, -0.15) is 0 Å². The van der Waals surface area contributed by atoms with Crippen LogP contribution in [0.25, 0.3) is 0 Å². The number of carbonyl (C=O) groups excluding carboxylic acids is 1. The highest BCUT2D eigenvalue weighted by molar-refractivity contribution is 5.98. The molecule has 0 aliphatic heterocycles. The van der Waals surface area contributed by atoms with Crippen molar-refractivity contribution in [3.8, 4) is 5.75 Å². The summed E-state index contributed by atoms with van der Waals surface area (Å²) in [6.07, 6.45) is 0.904. The van der Waals surface area contributed by atoms with Gasteiger partial charge >= 0.3 is 5.97 Å². The Morgan fingerprint density at radius 1 is 1.09 bits per heavy atom. The molecule has 120 valence electrons. The number of benzene rings is 2. The van der Waals surface area contributed by atoms with Crippen LogP contribution in [0.5, 0.6) is 5.75 Å². The van der Waals surface area contributed by atoms with E-state index in [1.165, 1.54) is 24.3 Å². The number of nitrogens with two attached hydrogens (primary N) is 1. The van der Waals surface area contributed by atoms with E-state index in [4.69, 9.17) is 15.3 Å². The number of amidine groups is 1. The normalized spacial score (nSPS) is 11.1. The van der Waals surface area contributed by atoms with Crippen LogP contribution in [0.2, 0.25) is 0 Å². The van der Waals surface area contributed by atoms with Crippen molar-refractivity contribution < 1.29 is 18.8 Å². The minimum absolute atomic E-state index is 0.0127. The van der Waals surface area contributed by atoms with Gasteiger partial charge in [0.2, 0.25) is 0 Å². The molecule has 2 aromatic carbocycles. The molecule has 6 heteroatoms. The third-order valence-electron chi connectivity index (χ3n) is 2.93. The first-order valence-corrected chi connectivity index (χ1v) is 7.13. The molecule has 0 bridgehead atoms. The zero-order chi connectivity index (χ0) is 16.7. The van der Waals surface area contributed by atoms with E-state index in [1.807, 2.05) is 6.92 Å². The van der Waals surface area contributed by atoms with Crippen molar-refractivity contribution in [2.24, 2.45) is 10.9 Å². The molecule has 0 heterocycles. The summed E-state index contributed by atoms with van der Waals surface area (Å²) in [5.41, 5.74) is 6.47. The molecule has 2 aromatic rings. The third-order valence-corrected chi connectivity index (χ3v) is 2.93. The van der Waals surface area contributed by atoms with Gasteiger partial charge in [-0.15, -0.1) is 0 Å². The van der Waals surface area contributed by atoms with E-state index in [0.717, 1.165) is 6.42 Å². The van der Waals surface area contributed by atoms with Gasteiger partial charge in [-0.05, 0) is 55.0 Å². The van der Waals surface area contributed by atoms with Crippen LogP contribution in [-0.4, -0.2) is 18.4 Å². The summed E-state index contributed by atoms with van der Waals surface area (Å²) >= 11 is 0. The number of nitrogens with zero attached hydrogens (tertiary/aromatic N) is 1. The number of hydrogen-bond donors (Lipinski definition) is 1. The lowest BCUT2D eigenvalue weighted by molar-refractivity contribution is 0.0516. The lowest BCUT2D eigenvalue weighted by Crippen LogP contribution is -2.15. The summed E-state index contributed by atoms with van der Waals surface area (Å²) in [7, 11) is 0. The number of hydrogen-bond acceptors (Lipinski definition) is 4. The van der Waals surface area contributed by atoms with E-state index in [2.05, 4.69) is 5.16 Å². The van der Waals surface area contributed by atoms with Crippen molar-refractivity contribution in [3.05, 3.63) is 65.5 Å². The Kier molecular flexibility index (Phi) is 5.68. The predicted molar refractivity (Wildman–Crippen MR) is 84.8 cm³/mol. The van der Waals surface area contributed by atoms with Crippen molar-refractivity contribution in [3.63, 3.8) is 0 Å². The Morgan fingerprint density at radius 3 is 2.30 bits per heavy atom. The highest BCUT2D eigenvalue weighted by Gasteiger charge is 2.08. The summed E-state index contributed by atoms with van der Waals surface area (Å²) in [6, 6.07) is 11.9. The maximum atomic E-state index is 12.8. The standard InChI is InChI=1S/C17H17FN2O3/c1-2-11-22-15-9-5-13(6-10-15)17(21)23-20-16(19)12-3-7-14(18)8-4-12/h3-10H,2,11H2,1H3,(H2,19,20). The van der Waals surface area contributed by atoms with Crippen LogP contribution >= 0.6 is 0 Å². The molecule has 0 fully saturated rings. The van der Waals surface area contributed by atoms with E-state index in [9.17, 15) is 9.18 Å². The van der Waals surface area contributed by atoms with E-state index >= 15 is 0 Å². The maximum absolute atomic E-state index is 12.8. The predicted octanol–water partition coefficient (Wildman–Crippen LogP) is 3.09. The maximum Gasteiger partial charge on any atom is 0.365 e. The highest BCUT2D eigenvalue weighted by atomic mass is 19.1. The molecule has 0 saturated heterocycles. The van der Waals surface area contributed by atoms with Gasteiger partial charge in [0, 0.05) is 5.56 Å². The lowest BCUT2D eigenvalue weighted by Gasteiger charge is -2.05. The summed E-state index contributed by atoms with van der Waals surface area (Å²) in [5, 5.41) is 3.56. The third kappa shape index (κ3) is 4.81. The van der Waals surface area contributed by atoms with Gasteiger partial charge in [0.1, 0.15) is 11.6 Å². The molecule has 0 aromatic heterocycles. The second-order valence-electron chi connectivity index (χ2n) is 4.74. The fraction of sp³-hybridized carbons (Fsp3) is 0.176. The summed E-state index contributed by atoms with van der Waals surface area (Å²) in [6.45, 7) is 2.62. The van der Waals surface area contributed by atoms with E-state index in [0.29, 0.717) is 23.5 Å². The minimum atomic E-state index is -0.642. The second-order valence-corrected chi connectivity index (χ2v) is 4.74. The molecule has 2 rings (SSSR count). The summed E-state index contributed by atoms with van der Waals surface area (Å²) < 4.78 is 18.2. The van der Waals surface area contributed by atoms with Crippen molar-refractivity contribution in [2.75, 3.05) is 6.61 Å². The smallest absolute Gasteiger partial charge is 0.365 e. The molecule has 2 N–H and O–H groups in total. The summed E-state index contributed by atoms with van der Waals surface area (Å²) in [5.74, 6) is -0.361. The van der Waals surface area contributed by atoms with Gasteiger partial charge in [-0.1, -0.05) is 12.1 Å². The van der Waals surface area contributed by atoms with Crippen molar-refractivity contribution in [1.82, 2.24) is 0 Å². The monoisotopic (exact) mass is 316 g/mol. The minimum Gasteiger partial charge on any atom is -0.494 e. The number of oxime groups is 1. The van der Waals surface area contributed by atoms with Crippen LogP contribution in [0.4, 0.5) is 4.39 Å². The average Bonchev–Trinajstić information content (AvgIpc) is 2.58. The lowest BCUT2D eigenvalue weighted by atomic mass is 10.2. The van der Waals surface area contributed by atoms with Crippen LogP contribution < -0.4 is 10.5 Å². The Balaban J connectivity index is 1.98. The van der Waals surface area contributed by atoms with Gasteiger partial charge in [-0.25, -0.2) is 9.18 Å². The second kappa shape index (κ2) is 7.93. The van der Waals surface area contributed by atoms with Crippen molar-refractivity contribution in [1.29, 1.82) is 0 Å². The largest absolute Gasteiger partial charge is 0.494 e. The van der Waals surface area contributed by atoms with Gasteiger partial charge in [0.15, 0.2) is 5.84 Å². The highest BCUT2D eigenvalue weighted by Crippen LogP contribution is 2.13. The molecule has 23 heavy (non-hydrogen) atoms. The van der Waals surface area contributed by atoms with Crippen molar-refractivity contribution >= 4 is 11.8 Å². The molecule has 0 spiro atoms. The van der Waals surface area contributed by atoms with Gasteiger partial charge in [-0.3, -0.25) is 0 Å².